The molecule has 4 atom stereocenters. The molecule has 2 N–H and O–H groups in total. The second-order valence-electron chi connectivity index (χ2n) is 10.8. The Bertz CT molecular complexity index is 717. The Morgan fingerprint density at radius 1 is 1.00 bits per heavy atom. The van der Waals surface area contributed by atoms with E-state index in [-0.39, 0.29) is 23.9 Å². The van der Waals surface area contributed by atoms with Gasteiger partial charge in [-0.3, -0.25) is 10.1 Å². The van der Waals surface area contributed by atoms with Crippen LogP contribution in [0.5, 0.6) is 0 Å². The van der Waals surface area contributed by atoms with Crippen LogP contribution in [0.4, 0.5) is 13.2 Å². The first kappa shape index (κ1) is 18.8. The van der Waals surface area contributed by atoms with Crippen molar-refractivity contribution in [2.45, 2.75) is 82.2 Å². The Morgan fingerprint density at radius 3 is 2.10 bits per heavy atom. The second kappa shape index (κ2) is 6.09. The Labute approximate surface area is 174 Å². The fraction of sp³-hybridized carbons (Fsp3) is 0.905. The predicted molar refractivity (Wildman–Crippen MR) is 105 cm³/mol. The molecule has 4 nitrogen and oxygen atoms in total. The zero-order valence-corrected chi connectivity index (χ0v) is 17.2. The highest BCUT2D eigenvalue weighted by Gasteiger charge is 2.63. The van der Waals surface area contributed by atoms with Gasteiger partial charge in [-0.05, 0) is 93.2 Å². The molecular formula is C21H28F3N3OS. The number of amides is 1. The van der Waals surface area contributed by atoms with E-state index in [2.05, 4.69) is 10.6 Å². The summed E-state index contributed by atoms with van der Waals surface area (Å²) in [5, 5.41) is 6.51. The third kappa shape index (κ3) is 2.87. The van der Waals surface area contributed by atoms with Gasteiger partial charge in [-0.15, -0.1) is 0 Å². The lowest BCUT2D eigenvalue weighted by molar-refractivity contribution is -0.218. The van der Waals surface area contributed by atoms with Gasteiger partial charge in [0.25, 0.3) is 0 Å². The average Bonchev–Trinajstić information content (AvgIpc) is 3.43. The third-order valence-electron chi connectivity index (χ3n) is 8.89. The van der Waals surface area contributed by atoms with E-state index in [1.807, 2.05) is 4.90 Å². The molecule has 7 fully saturated rings. The highest BCUT2D eigenvalue weighted by Crippen LogP contribution is 2.63. The maximum atomic E-state index is 14.2. The van der Waals surface area contributed by atoms with Crippen LogP contribution in [0, 0.1) is 35.0 Å². The Kier molecular flexibility index (Phi) is 3.95. The van der Waals surface area contributed by atoms with Crippen molar-refractivity contribution in [1.29, 1.82) is 0 Å². The number of nitrogens with one attached hydrogen (secondary N) is 2. The van der Waals surface area contributed by atoms with E-state index in [1.54, 1.807) is 0 Å². The van der Waals surface area contributed by atoms with Crippen LogP contribution in [0.15, 0.2) is 0 Å². The van der Waals surface area contributed by atoms with Crippen molar-refractivity contribution >= 4 is 23.2 Å². The number of thiocarbonyl (C=S) groups is 1. The molecule has 8 heteroatoms. The molecule has 2 aliphatic heterocycles. The maximum absolute atomic E-state index is 14.2. The Balaban J connectivity index is 1.37. The van der Waals surface area contributed by atoms with Gasteiger partial charge in [0.15, 0.2) is 5.11 Å². The lowest BCUT2D eigenvalue weighted by Crippen LogP contribution is -2.74. The molecule has 2 heterocycles. The molecule has 4 bridgehead atoms. The monoisotopic (exact) mass is 427 g/mol. The number of hydrogen-bond acceptors (Lipinski definition) is 3. The van der Waals surface area contributed by atoms with Crippen molar-refractivity contribution in [2.75, 3.05) is 0 Å². The molecular weight excluding hydrogens is 399 g/mol. The van der Waals surface area contributed by atoms with Gasteiger partial charge in [0.05, 0.1) is 18.0 Å². The summed E-state index contributed by atoms with van der Waals surface area (Å²) in [4.78, 5) is 14.6. The van der Waals surface area contributed by atoms with Crippen molar-refractivity contribution in [1.82, 2.24) is 15.5 Å². The van der Waals surface area contributed by atoms with Crippen LogP contribution in [0.1, 0.15) is 57.8 Å². The van der Waals surface area contributed by atoms with Crippen molar-refractivity contribution in [3.8, 4) is 0 Å². The summed E-state index contributed by atoms with van der Waals surface area (Å²) in [6.45, 7) is 0. The summed E-state index contributed by atoms with van der Waals surface area (Å²) in [5.74, 6) is -1.24. The van der Waals surface area contributed by atoms with Gasteiger partial charge in [-0.2, -0.15) is 13.2 Å². The minimum Gasteiger partial charge on any atom is -0.330 e. The molecule has 2 saturated heterocycles. The van der Waals surface area contributed by atoms with E-state index in [9.17, 15) is 18.0 Å². The fourth-order valence-corrected chi connectivity index (χ4v) is 8.43. The highest BCUT2D eigenvalue weighted by atomic mass is 32.1. The van der Waals surface area contributed by atoms with Crippen molar-refractivity contribution in [2.24, 2.45) is 35.0 Å². The molecule has 5 aliphatic carbocycles. The van der Waals surface area contributed by atoms with E-state index in [0.29, 0.717) is 22.9 Å². The number of hydrogen-bond donors (Lipinski definition) is 2. The quantitative estimate of drug-likeness (QED) is 0.662. The third-order valence-corrected chi connectivity index (χ3v) is 9.20. The van der Waals surface area contributed by atoms with Crippen LogP contribution in [0.3, 0.4) is 0 Å². The summed E-state index contributed by atoms with van der Waals surface area (Å²) < 4.78 is 42.6. The number of piperidine rings is 1. The molecule has 1 amide bonds. The van der Waals surface area contributed by atoms with Crippen LogP contribution < -0.4 is 10.6 Å². The molecule has 29 heavy (non-hydrogen) atoms. The average molecular weight is 428 g/mol. The van der Waals surface area contributed by atoms with E-state index in [4.69, 9.17) is 12.2 Å². The van der Waals surface area contributed by atoms with E-state index >= 15 is 0 Å². The minimum absolute atomic E-state index is 0.0233. The van der Waals surface area contributed by atoms with Gasteiger partial charge in [0.1, 0.15) is 0 Å². The van der Waals surface area contributed by atoms with Crippen LogP contribution in [-0.2, 0) is 4.79 Å². The number of carbonyl (C=O) groups excluding carboxylic acids is 1. The van der Waals surface area contributed by atoms with Crippen molar-refractivity contribution in [3.63, 3.8) is 0 Å². The van der Waals surface area contributed by atoms with Gasteiger partial charge in [-0.25, -0.2) is 0 Å². The van der Waals surface area contributed by atoms with Gasteiger partial charge in [0, 0.05) is 12.1 Å². The fourth-order valence-electron chi connectivity index (χ4n) is 8.07. The lowest BCUT2D eigenvalue weighted by Gasteiger charge is -2.62. The lowest BCUT2D eigenvalue weighted by atomic mass is 9.46. The van der Waals surface area contributed by atoms with Gasteiger partial charge in [0.2, 0.25) is 5.91 Å². The summed E-state index contributed by atoms with van der Waals surface area (Å²) in [6, 6.07) is -0.0224. The number of carbonyl (C=O) groups is 1. The largest absolute Gasteiger partial charge is 0.392 e. The number of alkyl halides is 3. The topological polar surface area (TPSA) is 44.4 Å². The molecule has 0 aromatic rings. The zero-order valence-electron chi connectivity index (χ0n) is 16.4. The molecule has 4 unspecified atom stereocenters. The van der Waals surface area contributed by atoms with Crippen LogP contribution in [0.25, 0.3) is 0 Å². The first-order valence-corrected chi connectivity index (χ1v) is 11.6. The molecule has 7 aliphatic rings. The molecule has 7 rings (SSSR count). The van der Waals surface area contributed by atoms with Crippen molar-refractivity contribution in [3.05, 3.63) is 0 Å². The van der Waals surface area contributed by atoms with Crippen LogP contribution in [0.2, 0.25) is 0 Å². The van der Waals surface area contributed by atoms with Gasteiger partial charge >= 0.3 is 6.18 Å². The SMILES string of the molecule is O=C1NC(=S)N(C2CC2)C2NC(C34CC5CC(CC(C5)C3)C4)CC(C(F)(F)F)C12. The molecule has 0 aromatic heterocycles. The molecule has 0 spiro atoms. The van der Waals surface area contributed by atoms with Crippen LogP contribution >= 0.6 is 12.2 Å². The smallest absolute Gasteiger partial charge is 0.330 e. The first-order valence-electron chi connectivity index (χ1n) is 11.2. The molecule has 160 valence electrons. The predicted octanol–water partition coefficient (Wildman–Crippen LogP) is 3.56. The zero-order chi connectivity index (χ0) is 20.1. The standard InChI is InChI=1S/C21H28F3N3OS/c22-21(23,24)14-6-15(20-7-10-3-11(8-20)5-12(4-10)9-20)25-17-16(14)18(28)26-19(29)27(17)13-1-2-13/h10-17,25H,1-9H2,(H,26,28,29). The summed E-state index contributed by atoms with van der Waals surface area (Å²) >= 11 is 5.40. The maximum Gasteiger partial charge on any atom is 0.392 e. The van der Waals surface area contributed by atoms with Gasteiger partial charge in [-0.1, -0.05) is 0 Å². The second-order valence-corrected chi connectivity index (χ2v) is 11.2. The van der Waals surface area contributed by atoms with Crippen molar-refractivity contribution < 1.29 is 18.0 Å². The van der Waals surface area contributed by atoms with Gasteiger partial charge < -0.3 is 10.2 Å². The highest BCUT2D eigenvalue weighted by molar-refractivity contribution is 7.80. The number of rotatable bonds is 2. The van der Waals surface area contributed by atoms with E-state index in [1.165, 1.54) is 19.3 Å². The Morgan fingerprint density at radius 2 is 1.59 bits per heavy atom. The summed E-state index contributed by atoms with van der Waals surface area (Å²) in [5.41, 5.74) is -0.0337. The number of fused-ring (bicyclic) bond motifs is 1. The normalized spacial score (nSPS) is 49.2. The first-order chi connectivity index (χ1) is 13.7. The summed E-state index contributed by atoms with van der Waals surface area (Å²) in [7, 11) is 0. The number of nitrogens with zero attached hydrogens (tertiary/aromatic N) is 1. The number of halogens is 3. The summed E-state index contributed by atoms with van der Waals surface area (Å²) in [6.07, 6.45) is 3.84. The van der Waals surface area contributed by atoms with E-state index < -0.39 is 30.1 Å². The molecule has 0 aromatic carbocycles. The van der Waals surface area contributed by atoms with E-state index in [0.717, 1.165) is 32.1 Å². The Hall–Kier alpha value is -0.890. The molecule has 5 saturated carbocycles. The van der Waals surface area contributed by atoms with Crippen LogP contribution in [-0.4, -0.2) is 40.3 Å². The minimum atomic E-state index is -4.38. The molecule has 0 radical (unpaired) electrons.